The molecular formula is C18H22N6O2P2. The molecule has 8 nitrogen and oxygen atoms in total. The van der Waals surface area contributed by atoms with Crippen molar-refractivity contribution in [3.8, 4) is 0 Å². The first kappa shape index (κ1) is 19.2. The smallest absolute Gasteiger partial charge is 0.256 e. The summed E-state index contributed by atoms with van der Waals surface area (Å²) < 4.78 is 5.70. The zero-order valence-corrected chi connectivity index (χ0v) is 18.0. The minimum atomic E-state index is -0.266. The SMILES string of the molecule is Cc1oc2ncnc(NC3(C)CC3)c2c1C(=O)NCc1ncc(C(P)P)cn1. The number of aromatic nitrogens is 4. The van der Waals surface area contributed by atoms with Gasteiger partial charge in [0.2, 0.25) is 5.71 Å². The maximum atomic E-state index is 12.9. The monoisotopic (exact) mass is 416 g/mol. The van der Waals surface area contributed by atoms with Gasteiger partial charge in [-0.05, 0) is 32.3 Å². The Bertz CT molecular complexity index is 1030. The lowest BCUT2D eigenvalue weighted by molar-refractivity contribution is 0.0949. The Balaban J connectivity index is 1.57. The fraction of sp³-hybridized carbons (Fsp3) is 0.389. The summed E-state index contributed by atoms with van der Waals surface area (Å²) in [5, 5.41) is 7.09. The van der Waals surface area contributed by atoms with E-state index in [1.165, 1.54) is 6.33 Å². The van der Waals surface area contributed by atoms with Gasteiger partial charge in [0.15, 0.2) is 0 Å². The summed E-state index contributed by atoms with van der Waals surface area (Å²) in [7, 11) is 5.34. The van der Waals surface area contributed by atoms with Crippen molar-refractivity contribution in [1.29, 1.82) is 0 Å². The third-order valence-electron chi connectivity index (χ3n) is 4.83. The highest BCUT2D eigenvalue weighted by Crippen LogP contribution is 2.40. The number of rotatable bonds is 6. The van der Waals surface area contributed by atoms with Crippen LogP contribution >= 0.6 is 18.5 Å². The van der Waals surface area contributed by atoms with E-state index in [2.05, 4.69) is 56.0 Å². The highest BCUT2D eigenvalue weighted by atomic mass is 31.1. The van der Waals surface area contributed by atoms with E-state index in [1.807, 2.05) is 0 Å². The Kier molecular flexibility index (Phi) is 5.02. The van der Waals surface area contributed by atoms with Gasteiger partial charge < -0.3 is 15.1 Å². The predicted octanol–water partition coefficient (Wildman–Crippen LogP) is 2.96. The van der Waals surface area contributed by atoms with Gasteiger partial charge in [-0.1, -0.05) is 0 Å². The molecule has 0 radical (unpaired) electrons. The molecule has 0 aliphatic heterocycles. The molecule has 0 bridgehead atoms. The van der Waals surface area contributed by atoms with Crippen molar-refractivity contribution >= 4 is 41.3 Å². The fourth-order valence-electron chi connectivity index (χ4n) is 2.89. The zero-order valence-electron chi connectivity index (χ0n) is 15.7. The van der Waals surface area contributed by atoms with Crippen LogP contribution in [0.1, 0.15) is 52.7 Å². The van der Waals surface area contributed by atoms with Crippen molar-refractivity contribution in [2.24, 2.45) is 0 Å². The maximum Gasteiger partial charge on any atom is 0.256 e. The second-order valence-corrected chi connectivity index (χ2v) is 9.47. The summed E-state index contributed by atoms with van der Waals surface area (Å²) in [5.41, 5.74) is 1.84. The topological polar surface area (TPSA) is 106 Å². The van der Waals surface area contributed by atoms with Crippen LogP contribution in [0.2, 0.25) is 0 Å². The number of aryl methyl sites for hydroxylation is 1. The van der Waals surface area contributed by atoms with E-state index >= 15 is 0 Å². The number of fused-ring (bicyclic) bond motifs is 1. The molecule has 0 spiro atoms. The van der Waals surface area contributed by atoms with Crippen molar-refractivity contribution in [1.82, 2.24) is 25.3 Å². The number of hydrogen-bond donors (Lipinski definition) is 2. The summed E-state index contributed by atoms with van der Waals surface area (Å²) in [6.07, 6.45) is 7.09. The molecule has 1 fully saturated rings. The van der Waals surface area contributed by atoms with E-state index in [-0.39, 0.29) is 23.4 Å². The molecule has 0 aromatic carbocycles. The van der Waals surface area contributed by atoms with Gasteiger partial charge in [0.05, 0.1) is 17.5 Å². The van der Waals surface area contributed by atoms with Crippen LogP contribution in [0.25, 0.3) is 11.1 Å². The molecule has 3 aromatic rings. The van der Waals surface area contributed by atoms with Crippen LogP contribution < -0.4 is 10.6 Å². The second kappa shape index (κ2) is 7.34. The van der Waals surface area contributed by atoms with Crippen molar-refractivity contribution < 1.29 is 9.21 Å². The minimum Gasteiger partial charge on any atom is -0.442 e. The highest BCUT2D eigenvalue weighted by molar-refractivity contribution is 7.37. The Hall–Kier alpha value is -2.17. The number of carbonyl (C=O) groups excluding carboxylic acids is 1. The summed E-state index contributed by atoms with van der Waals surface area (Å²) >= 11 is 0. The lowest BCUT2D eigenvalue weighted by Gasteiger charge is -2.13. The van der Waals surface area contributed by atoms with Gasteiger partial charge in [-0.3, -0.25) is 4.79 Å². The minimum absolute atomic E-state index is 0.0166. The molecule has 1 saturated carbocycles. The lowest BCUT2D eigenvalue weighted by atomic mass is 10.1. The van der Waals surface area contributed by atoms with E-state index in [9.17, 15) is 4.79 Å². The van der Waals surface area contributed by atoms with Crippen molar-refractivity contribution in [2.75, 3.05) is 5.32 Å². The van der Waals surface area contributed by atoms with Gasteiger partial charge in [0.25, 0.3) is 5.91 Å². The molecule has 3 aromatic heterocycles. The molecule has 2 atom stereocenters. The second-order valence-electron chi connectivity index (χ2n) is 7.26. The Morgan fingerprint density at radius 3 is 2.61 bits per heavy atom. The molecule has 1 aliphatic carbocycles. The van der Waals surface area contributed by atoms with Crippen molar-refractivity contribution in [3.63, 3.8) is 0 Å². The number of anilines is 1. The van der Waals surface area contributed by atoms with Gasteiger partial charge in [0.1, 0.15) is 23.7 Å². The van der Waals surface area contributed by atoms with Crippen LogP contribution in [-0.4, -0.2) is 31.4 Å². The Morgan fingerprint density at radius 1 is 1.25 bits per heavy atom. The predicted molar refractivity (Wildman–Crippen MR) is 113 cm³/mol. The van der Waals surface area contributed by atoms with Crippen LogP contribution in [0.4, 0.5) is 5.82 Å². The van der Waals surface area contributed by atoms with Gasteiger partial charge in [-0.25, -0.2) is 19.9 Å². The molecule has 2 unspecified atom stereocenters. The third-order valence-corrected chi connectivity index (χ3v) is 5.60. The van der Waals surface area contributed by atoms with Crippen LogP contribution in [-0.2, 0) is 6.54 Å². The quantitative estimate of drug-likeness (QED) is 0.595. The standard InChI is InChI=1S/C18H22N6O2P2/c1-9-12(15(25)21-7-11-19-5-10(6-20-11)17(27)28)13-14(24-18(2)3-4-18)22-8-23-16(13)26-9/h5-6,8,17H,3-4,7,27-28H2,1-2H3,(H,21,25)(H,22,23,24). The zero-order chi connectivity index (χ0) is 19.9. The lowest BCUT2D eigenvalue weighted by Crippen LogP contribution is -2.25. The number of nitrogens with zero attached hydrogens (tertiary/aromatic N) is 4. The Morgan fingerprint density at radius 2 is 1.96 bits per heavy atom. The van der Waals surface area contributed by atoms with Crippen LogP contribution in [0.15, 0.2) is 23.1 Å². The number of carbonyl (C=O) groups is 1. The van der Waals surface area contributed by atoms with Gasteiger partial charge in [-0.15, -0.1) is 18.5 Å². The van der Waals surface area contributed by atoms with E-state index in [0.29, 0.717) is 34.1 Å². The molecular weight excluding hydrogens is 394 g/mol. The van der Waals surface area contributed by atoms with E-state index in [4.69, 9.17) is 4.42 Å². The first-order chi connectivity index (χ1) is 13.4. The number of furan rings is 1. The molecule has 146 valence electrons. The largest absolute Gasteiger partial charge is 0.442 e. The summed E-state index contributed by atoms with van der Waals surface area (Å²) in [4.78, 5) is 30.0. The Labute approximate surface area is 167 Å². The first-order valence-corrected chi connectivity index (χ1v) is 10.3. The average Bonchev–Trinajstić information content (AvgIpc) is 3.28. The average molecular weight is 416 g/mol. The summed E-state index contributed by atoms with van der Waals surface area (Å²) in [6, 6.07) is 0. The number of amides is 1. The van der Waals surface area contributed by atoms with Crippen LogP contribution in [0.5, 0.6) is 0 Å². The number of hydrogen-bond acceptors (Lipinski definition) is 7. The maximum absolute atomic E-state index is 12.9. The summed E-state index contributed by atoms with van der Waals surface area (Å²) in [5.74, 6) is 1.40. The van der Waals surface area contributed by atoms with E-state index in [1.54, 1.807) is 19.3 Å². The molecule has 0 saturated heterocycles. The molecule has 1 aliphatic rings. The van der Waals surface area contributed by atoms with Crippen LogP contribution in [0, 0.1) is 6.92 Å². The molecule has 10 heteroatoms. The van der Waals surface area contributed by atoms with Gasteiger partial charge in [-0.2, -0.15) is 0 Å². The fourth-order valence-corrected chi connectivity index (χ4v) is 3.23. The molecule has 4 rings (SSSR count). The molecule has 2 N–H and O–H groups in total. The van der Waals surface area contributed by atoms with Gasteiger partial charge in [0, 0.05) is 23.3 Å². The molecule has 1 amide bonds. The molecule has 28 heavy (non-hydrogen) atoms. The summed E-state index contributed by atoms with van der Waals surface area (Å²) in [6.45, 7) is 4.10. The first-order valence-electron chi connectivity index (χ1n) is 8.99. The highest BCUT2D eigenvalue weighted by Gasteiger charge is 2.38. The van der Waals surface area contributed by atoms with E-state index in [0.717, 1.165) is 18.4 Å². The molecule has 3 heterocycles. The van der Waals surface area contributed by atoms with Gasteiger partial charge >= 0.3 is 0 Å². The third kappa shape index (κ3) is 3.85. The van der Waals surface area contributed by atoms with Crippen molar-refractivity contribution in [3.05, 3.63) is 41.4 Å². The normalized spacial score (nSPS) is 15.0. The van der Waals surface area contributed by atoms with E-state index < -0.39 is 0 Å². The number of nitrogens with one attached hydrogen (secondary N) is 2. The van der Waals surface area contributed by atoms with Crippen molar-refractivity contribution in [2.45, 2.75) is 44.2 Å². The van der Waals surface area contributed by atoms with Crippen LogP contribution in [0.3, 0.4) is 0 Å².